The maximum absolute atomic E-state index is 12.8. The Kier molecular flexibility index (Phi) is 8.74. The molecule has 3 aromatic rings. The summed E-state index contributed by atoms with van der Waals surface area (Å²) in [4.78, 5) is 14.7. The van der Waals surface area contributed by atoms with Crippen molar-refractivity contribution in [1.82, 2.24) is 10.2 Å². The second-order valence-electron chi connectivity index (χ2n) is 9.03. The van der Waals surface area contributed by atoms with Crippen molar-refractivity contribution >= 4 is 17.2 Å². The van der Waals surface area contributed by atoms with Gasteiger partial charge in [0.15, 0.2) is 0 Å². The maximum Gasteiger partial charge on any atom is 0.253 e. The predicted molar refractivity (Wildman–Crippen MR) is 147 cm³/mol. The lowest BCUT2D eigenvalue weighted by molar-refractivity contribution is 0.0773. The number of anilines is 1. The molecule has 0 saturated carbocycles. The number of benzene rings is 3. The molecule has 1 fully saturated rings. The first kappa shape index (κ1) is 24.7. The Hall–Kier alpha value is -3.37. The Bertz CT molecular complexity index is 1120. The van der Waals surface area contributed by atoms with Crippen LogP contribution in [0.2, 0.25) is 0 Å². The quantitative estimate of drug-likeness (QED) is 0.405. The molecule has 0 aromatic heterocycles. The Balaban J connectivity index is 1.58. The van der Waals surface area contributed by atoms with Crippen molar-refractivity contribution in [1.29, 1.82) is 0 Å². The summed E-state index contributed by atoms with van der Waals surface area (Å²) in [5.41, 5.74) is 8.43. The Labute approximate surface area is 210 Å². The van der Waals surface area contributed by atoms with E-state index in [0.29, 0.717) is 0 Å². The van der Waals surface area contributed by atoms with E-state index in [2.05, 4.69) is 77.4 Å². The van der Waals surface area contributed by atoms with Crippen LogP contribution in [0.3, 0.4) is 0 Å². The minimum absolute atomic E-state index is 0.0993. The van der Waals surface area contributed by atoms with Gasteiger partial charge in [-0.15, -0.1) is 0 Å². The molecule has 1 saturated heterocycles. The van der Waals surface area contributed by atoms with Gasteiger partial charge in [-0.3, -0.25) is 4.79 Å². The van der Waals surface area contributed by atoms with Gasteiger partial charge in [0.1, 0.15) is 0 Å². The molecule has 0 unspecified atom stereocenters. The summed E-state index contributed by atoms with van der Waals surface area (Å²) in [7, 11) is 0. The number of hydrogen-bond donors (Lipinski definition) is 2. The summed E-state index contributed by atoms with van der Waals surface area (Å²) in [6, 6.07) is 27.6. The zero-order valence-corrected chi connectivity index (χ0v) is 21.0. The van der Waals surface area contributed by atoms with Gasteiger partial charge in [-0.05, 0) is 92.7 Å². The zero-order valence-electron chi connectivity index (χ0n) is 21.0. The highest BCUT2D eigenvalue weighted by molar-refractivity contribution is 5.95. The molecular formula is C31H37N3O. The summed E-state index contributed by atoms with van der Waals surface area (Å²) >= 11 is 0. The number of hydrogen-bond acceptors (Lipinski definition) is 3. The Morgan fingerprint density at radius 3 is 2.20 bits per heavy atom. The number of piperidine rings is 1. The number of nitrogens with one attached hydrogen (secondary N) is 2. The van der Waals surface area contributed by atoms with Crippen LogP contribution in [-0.2, 0) is 6.42 Å². The topological polar surface area (TPSA) is 44.4 Å². The van der Waals surface area contributed by atoms with Crippen molar-refractivity contribution in [2.45, 2.75) is 33.1 Å². The molecule has 4 rings (SSSR count). The van der Waals surface area contributed by atoms with Crippen molar-refractivity contribution in [3.63, 3.8) is 0 Å². The normalized spacial score (nSPS) is 13.4. The number of rotatable bonds is 9. The largest absolute Gasteiger partial charge is 0.385 e. The van der Waals surface area contributed by atoms with E-state index >= 15 is 0 Å². The van der Waals surface area contributed by atoms with Gasteiger partial charge >= 0.3 is 0 Å². The highest BCUT2D eigenvalue weighted by atomic mass is 16.2. The molecule has 1 heterocycles. The van der Waals surface area contributed by atoms with Crippen molar-refractivity contribution in [2.75, 3.05) is 38.0 Å². The van der Waals surface area contributed by atoms with Crippen LogP contribution in [0.5, 0.6) is 0 Å². The molecule has 0 bridgehead atoms. The summed E-state index contributed by atoms with van der Waals surface area (Å²) in [5.74, 6) is 0.0993. The van der Waals surface area contributed by atoms with Crippen LogP contribution in [0.4, 0.5) is 5.69 Å². The summed E-state index contributed by atoms with van der Waals surface area (Å²) in [5, 5.41) is 7.09. The molecule has 3 aromatic carbocycles. The van der Waals surface area contributed by atoms with Crippen molar-refractivity contribution in [3.8, 4) is 0 Å². The minimum Gasteiger partial charge on any atom is -0.385 e. The summed E-state index contributed by atoms with van der Waals surface area (Å²) < 4.78 is 0. The van der Waals surface area contributed by atoms with E-state index in [1.807, 2.05) is 30.9 Å². The second-order valence-corrected chi connectivity index (χ2v) is 9.03. The Morgan fingerprint density at radius 2 is 1.51 bits per heavy atom. The molecule has 0 radical (unpaired) electrons. The fourth-order valence-corrected chi connectivity index (χ4v) is 4.81. The smallest absolute Gasteiger partial charge is 0.253 e. The van der Waals surface area contributed by atoms with Crippen LogP contribution < -0.4 is 10.6 Å². The van der Waals surface area contributed by atoms with E-state index in [1.165, 1.54) is 27.8 Å². The molecule has 182 valence electrons. The van der Waals surface area contributed by atoms with Gasteiger partial charge in [-0.25, -0.2) is 0 Å². The minimum atomic E-state index is 0.0993. The van der Waals surface area contributed by atoms with Crippen molar-refractivity contribution < 1.29 is 4.79 Å². The third-order valence-corrected chi connectivity index (χ3v) is 6.77. The van der Waals surface area contributed by atoms with E-state index in [1.54, 1.807) is 0 Å². The van der Waals surface area contributed by atoms with Crippen LogP contribution in [0.1, 0.15) is 53.7 Å². The SMILES string of the molecule is CCN(CC)C(=O)c1ccc(C(=C2CCNCC2)c2cccc(NCCc3ccccc3)c2)cc1. The summed E-state index contributed by atoms with van der Waals surface area (Å²) in [6.45, 7) is 8.41. The number of amides is 1. The van der Waals surface area contributed by atoms with E-state index in [0.717, 1.165) is 63.2 Å². The van der Waals surface area contributed by atoms with Crippen LogP contribution >= 0.6 is 0 Å². The molecule has 4 nitrogen and oxygen atoms in total. The molecular weight excluding hydrogens is 430 g/mol. The van der Waals surface area contributed by atoms with E-state index in [-0.39, 0.29) is 5.91 Å². The molecule has 0 atom stereocenters. The fourth-order valence-electron chi connectivity index (χ4n) is 4.81. The van der Waals surface area contributed by atoms with Crippen LogP contribution in [0.25, 0.3) is 5.57 Å². The van der Waals surface area contributed by atoms with E-state index in [4.69, 9.17) is 0 Å². The third-order valence-electron chi connectivity index (χ3n) is 6.77. The second kappa shape index (κ2) is 12.4. The first-order chi connectivity index (χ1) is 17.2. The lowest BCUT2D eigenvalue weighted by Gasteiger charge is -2.22. The number of nitrogens with zero attached hydrogens (tertiary/aromatic N) is 1. The molecule has 35 heavy (non-hydrogen) atoms. The van der Waals surface area contributed by atoms with Gasteiger partial charge < -0.3 is 15.5 Å². The fraction of sp³-hybridized carbons (Fsp3) is 0.323. The van der Waals surface area contributed by atoms with Gasteiger partial charge in [0.05, 0.1) is 0 Å². The van der Waals surface area contributed by atoms with Gasteiger partial charge in [-0.1, -0.05) is 60.2 Å². The average molecular weight is 468 g/mol. The lowest BCUT2D eigenvalue weighted by Crippen LogP contribution is -2.30. The molecule has 1 amide bonds. The summed E-state index contributed by atoms with van der Waals surface area (Å²) in [6.07, 6.45) is 3.08. The Morgan fingerprint density at radius 1 is 0.829 bits per heavy atom. The van der Waals surface area contributed by atoms with E-state index < -0.39 is 0 Å². The van der Waals surface area contributed by atoms with Gasteiger partial charge in [0.2, 0.25) is 0 Å². The van der Waals surface area contributed by atoms with Crippen LogP contribution in [-0.4, -0.2) is 43.5 Å². The zero-order chi connectivity index (χ0) is 24.5. The first-order valence-electron chi connectivity index (χ1n) is 12.9. The van der Waals surface area contributed by atoms with E-state index in [9.17, 15) is 4.79 Å². The van der Waals surface area contributed by atoms with Crippen LogP contribution in [0.15, 0.2) is 84.4 Å². The molecule has 0 aliphatic carbocycles. The highest BCUT2D eigenvalue weighted by Gasteiger charge is 2.17. The molecule has 2 N–H and O–H groups in total. The predicted octanol–water partition coefficient (Wildman–Crippen LogP) is 6.01. The third kappa shape index (κ3) is 6.40. The van der Waals surface area contributed by atoms with Gasteiger partial charge in [-0.2, -0.15) is 0 Å². The first-order valence-corrected chi connectivity index (χ1v) is 12.9. The van der Waals surface area contributed by atoms with Crippen molar-refractivity contribution in [2.24, 2.45) is 0 Å². The molecule has 0 spiro atoms. The lowest BCUT2D eigenvalue weighted by atomic mass is 9.88. The standard InChI is InChI=1S/C31H37N3O/c1-3-34(4-2)31(35)27-15-13-25(14-16-27)30(26-18-20-32-21-19-26)28-11-8-12-29(23-28)33-22-17-24-9-6-5-7-10-24/h5-16,23,32-33H,3-4,17-22H2,1-2H3. The van der Waals surface area contributed by atoms with Gasteiger partial charge in [0, 0.05) is 30.9 Å². The average Bonchev–Trinajstić information content (AvgIpc) is 2.91. The number of carbonyl (C=O) groups excluding carboxylic acids is 1. The maximum atomic E-state index is 12.8. The monoisotopic (exact) mass is 467 g/mol. The molecule has 4 heteroatoms. The van der Waals surface area contributed by atoms with Crippen molar-refractivity contribution in [3.05, 3.63) is 107 Å². The van der Waals surface area contributed by atoms with Crippen LogP contribution in [0, 0.1) is 0 Å². The number of carbonyl (C=O) groups is 1. The molecule has 1 aliphatic heterocycles. The van der Waals surface area contributed by atoms with Gasteiger partial charge in [0.25, 0.3) is 5.91 Å². The molecule has 1 aliphatic rings. The highest BCUT2D eigenvalue weighted by Crippen LogP contribution is 2.32.